The summed E-state index contributed by atoms with van der Waals surface area (Å²) in [5, 5.41) is 5.52. The molecule has 2 N–H and O–H groups in total. The molecule has 1 aliphatic heterocycles. The molecule has 0 bridgehead atoms. The summed E-state index contributed by atoms with van der Waals surface area (Å²) in [4.78, 5) is 16.6. The average molecular weight is 396 g/mol. The standard InChI is InChI=1S/C17H21N3O4S2/c1-12-11-25-16(20-12)10-18-17(21)13-4-6-15(7-5-13)26(22,23)19-9-14-3-2-8-24-14/h4-7,11,14,19H,2-3,8-10H2,1H3,(H,18,21). The first-order chi connectivity index (χ1) is 12.4. The highest BCUT2D eigenvalue weighted by molar-refractivity contribution is 7.89. The van der Waals surface area contributed by atoms with Crippen molar-refractivity contribution in [3.63, 3.8) is 0 Å². The first-order valence-corrected chi connectivity index (χ1v) is 10.7. The van der Waals surface area contributed by atoms with Crippen molar-refractivity contribution < 1.29 is 17.9 Å². The molecule has 26 heavy (non-hydrogen) atoms. The molecule has 2 heterocycles. The molecule has 1 amide bonds. The summed E-state index contributed by atoms with van der Waals surface area (Å²) in [6.07, 6.45) is 1.75. The van der Waals surface area contributed by atoms with Crippen LogP contribution >= 0.6 is 11.3 Å². The molecule has 1 fully saturated rings. The molecule has 1 saturated heterocycles. The fraction of sp³-hybridized carbons (Fsp3) is 0.412. The van der Waals surface area contributed by atoms with E-state index < -0.39 is 10.0 Å². The van der Waals surface area contributed by atoms with Gasteiger partial charge in [0.05, 0.1) is 17.5 Å². The van der Waals surface area contributed by atoms with Gasteiger partial charge in [-0.3, -0.25) is 4.79 Å². The zero-order chi connectivity index (χ0) is 18.6. The van der Waals surface area contributed by atoms with Crippen LogP contribution in [-0.4, -0.2) is 38.6 Å². The van der Waals surface area contributed by atoms with Gasteiger partial charge in [0, 0.05) is 29.8 Å². The molecule has 0 saturated carbocycles. The highest BCUT2D eigenvalue weighted by Gasteiger charge is 2.20. The van der Waals surface area contributed by atoms with Crippen molar-refractivity contribution in [3.8, 4) is 0 Å². The van der Waals surface area contributed by atoms with Gasteiger partial charge in [0.1, 0.15) is 5.01 Å². The van der Waals surface area contributed by atoms with Crippen molar-refractivity contribution in [2.24, 2.45) is 0 Å². The van der Waals surface area contributed by atoms with Crippen molar-refractivity contribution in [1.29, 1.82) is 0 Å². The van der Waals surface area contributed by atoms with Crippen LogP contribution in [0.1, 0.15) is 33.9 Å². The van der Waals surface area contributed by atoms with Gasteiger partial charge in [0.2, 0.25) is 10.0 Å². The first kappa shape index (κ1) is 19.0. The second kappa shape index (κ2) is 8.26. The number of nitrogens with zero attached hydrogens (tertiary/aromatic N) is 1. The third-order valence-corrected chi connectivity index (χ3v) is 6.42. The molecule has 3 rings (SSSR count). The number of ether oxygens (including phenoxy) is 1. The highest BCUT2D eigenvalue weighted by Crippen LogP contribution is 2.14. The van der Waals surface area contributed by atoms with E-state index in [-0.39, 0.29) is 23.5 Å². The number of aromatic nitrogens is 1. The molecule has 9 heteroatoms. The summed E-state index contributed by atoms with van der Waals surface area (Å²) in [6, 6.07) is 5.87. The maximum absolute atomic E-state index is 12.3. The van der Waals surface area contributed by atoms with Crippen molar-refractivity contribution >= 4 is 27.3 Å². The van der Waals surface area contributed by atoms with Gasteiger partial charge in [-0.15, -0.1) is 11.3 Å². The Hall–Kier alpha value is -1.81. The maximum atomic E-state index is 12.3. The van der Waals surface area contributed by atoms with E-state index in [4.69, 9.17) is 4.74 Å². The monoisotopic (exact) mass is 395 g/mol. The Morgan fingerprint density at radius 2 is 2.12 bits per heavy atom. The molecular formula is C17H21N3O4S2. The van der Waals surface area contributed by atoms with E-state index in [1.165, 1.54) is 35.6 Å². The van der Waals surface area contributed by atoms with Crippen LogP contribution in [0.3, 0.4) is 0 Å². The predicted octanol–water partition coefficient (Wildman–Crippen LogP) is 1.84. The highest BCUT2D eigenvalue weighted by atomic mass is 32.2. The fourth-order valence-electron chi connectivity index (χ4n) is 2.62. The average Bonchev–Trinajstić information content (AvgIpc) is 3.30. The predicted molar refractivity (Wildman–Crippen MR) is 98.6 cm³/mol. The van der Waals surface area contributed by atoms with Crippen LogP contribution in [0, 0.1) is 6.92 Å². The van der Waals surface area contributed by atoms with Gasteiger partial charge in [0.15, 0.2) is 0 Å². The lowest BCUT2D eigenvalue weighted by atomic mass is 10.2. The Morgan fingerprint density at radius 3 is 2.73 bits per heavy atom. The number of carbonyl (C=O) groups excluding carboxylic acids is 1. The van der Waals surface area contributed by atoms with E-state index in [2.05, 4.69) is 15.0 Å². The van der Waals surface area contributed by atoms with Crippen molar-refractivity contribution in [3.05, 3.63) is 45.9 Å². The van der Waals surface area contributed by atoms with Gasteiger partial charge in [-0.05, 0) is 44.0 Å². The van der Waals surface area contributed by atoms with Gasteiger partial charge in [-0.1, -0.05) is 0 Å². The van der Waals surface area contributed by atoms with Gasteiger partial charge < -0.3 is 10.1 Å². The Kier molecular flexibility index (Phi) is 6.02. The van der Waals surface area contributed by atoms with Crippen LogP contribution in [0.25, 0.3) is 0 Å². The minimum atomic E-state index is -3.61. The third kappa shape index (κ3) is 4.88. The van der Waals surface area contributed by atoms with E-state index in [0.29, 0.717) is 18.7 Å². The van der Waals surface area contributed by atoms with Crippen LogP contribution < -0.4 is 10.0 Å². The van der Waals surface area contributed by atoms with Crippen LogP contribution in [0.2, 0.25) is 0 Å². The Balaban J connectivity index is 1.57. The second-order valence-electron chi connectivity index (χ2n) is 6.08. The van der Waals surface area contributed by atoms with E-state index in [1.54, 1.807) is 0 Å². The van der Waals surface area contributed by atoms with Crippen LogP contribution in [0.15, 0.2) is 34.5 Å². The molecule has 1 atom stereocenters. The van der Waals surface area contributed by atoms with E-state index in [0.717, 1.165) is 23.5 Å². The number of nitrogens with one attached hydrogen (secondary N) is 2. The topological polar surface area (TPSA) is 97.4 Å². The molecule has 1 aromatic carbocycles. The van der Waals surface area contributed by atoms with E-state index in [1.807, 2.05) is 12.3 Å². The second-order valence-corrected chi connectivity index (χ2v) is 8.79. The van der Waals surface area contributed by atoms with Crippen molar-refractivity contribution in [2.75, 3.05) is 13.2 Å². The van der Waals surface area contributed by atoms with Crippen molar-refractivity contribution in [2.45, 2.75) is 37.3 Å². The van der Waals surface area contributed by atoms with Crippen LogP contribution in [-0.2, 0) is 21.3 Å². The number of sulfonamides is 1. The fourth-order valence-corrected chi connectivity index (χ4v) is 4.40. The summed E-state index contributed by atoms with van der Waals surface area (Å²) >= 11 is 1.48. The number of hydrogen-bond acceptors (Lipinski definition) is 6. The number of aryl methyl sites for hydroxylation is 1. The Bertz CT molecular complexity index is 856. The summed E-state index contributed by atoms with van der Waals surface area (Å²) in [5.74, 6) is -0.269. The molecule has 140 valence electrons. The molecular weight excluding hydrogens is 374 g/mol. The lowest BCUT2D eigenvalue weighted by Crippen LogP contribution is -2.31. The van der Waals surface area contributed by atoms with Crippen molar-refractivity contribution in [1.82, 2.24) is 15.0 Å². The van der Waals surface area contributed by atoms with Gasteiger partial charge in [-0.25, -0.2) is 18.1 Å². The van der Waals surface area contributed by atoms with E-state index in [9.17, 15) is 13.2 Å². The smallest absolute Gasteiger partial charge is 0.251 e. The zero-order valence-corrected chi connectivity index (χ0v) is 16.0. The largest absolute Gasteiger partial charge is 0.377 e. The Labute approximate surface area is 156 Å². The molecule has 1 aromatic heterocycles. The molecule has 1 unspecified atom stereocenters. The first-order valence-electron chi connectivity index (χ1n) is 8.34. The minimum absolute atomic E-state index is 0.0654. The number of hydrogen-bond donors (Lipinski definition) is 2. The van der Waals surface area contributed by atoms with E-state index >= 15 is 0 Å². The number of thiazole rings is 1. The molecule has 7 nitrogen and oxygen atoms in total. The van der Waals surface area contributed by atoms with Gasteiger partial charge >= 0.3 is 0 Å². The Morgan fingerprint density at radius 1 is 1.35 bits per heavy atom. The number of carbonyl (C=O) groups is 1. The maximum Gasteiger partial charge on any atom is 0.251 e. The lowest BCUT2D eigenvalue weighted by Gasteiger charge is -2.11. The molecule has 2 aromatic rings. The van der Waals surface area contributed by atoms with Crippen LogP contribution in [0.4, 0.5) is 0 Å². The zero-order valence-electron chi connectivity index (χ0n) is 14.4. The molecule has 0 aliphatic carbocycles. The summed E-state index contributed by atoms with van der Waals surface area (Å²) in [6.45, 7) is 3.18. The quantitative estimate of drug-likeness (QED) is 0.746. The number of amides is 1. The third-order valence-electron chi connectivity index (χ3n) is 4.02. The number of benzene rings is 1. The van der Waals surface area contributed by atoms with Gasteiger partial charge in [0.25, 0.3) is 5.91 Å². The molecule has 0 spiro atoms. The van der Waals surface area contributed by atoms with Crippen LogP contribution in [0.5, 0.6) is 0 Å². The minimum Gasteiger partial charge on any atom is -0.377 e. The summed E-state index contributed by atoms with van der Waals surface area (Å²) in [5.41, 5.74) is 1.32. The SMILES string of the molecule is Cc1csc(CNC(=O)c2ccc(S(=O)(=O)NCC3CCCO3)cc2)n1. The number of rotatable bonds is 7. The summed E-state index contributed by atoms with van der Waals surface area (Å²) < 4.78 is 32.6. The molecule has 1 aliphatic rings. The summed E-state index contributed by atoms with van der Waals surface area (Å²) in [7, 11) is -3.61. The molecule has 0 radical (unpaired) electrons. The van der Waals surface area contributed by atoms with Gasteiger partial charge in [-0.2, -0.15) is 0 Å². The normalized spacial score (nSPS) is 17.3. The lowest BCUT2D eigenvalue weighted by molar-refractivity contribution is 0.0950.